The van der Waals surface area contributed by atoms with Gasteiger partial charge in [0.2, 0.25) is 0 Å². The molecule has 0 unspecified atom stereocenters. The highest BCUT2D eigenvalue weighted by Gasteiger charge is 2.43. The Bertz CT molecular complexity index is 849. The lowest BCUT2D eigenvalue weighted by atomic mass is 9.95. The van der Waals surface area contributed by atoms with Gasteiger partial charge in [0.15, 0.2) is 0 Å². The molecule has 0 bridgehead atoms. The van der Waals surface area contributed by atoms with E-state index in [2.05, 4.69) is 18.1 Å². The lowest BCUT2D eigenvalue weighted by Gasteiger charge is -2.41. The number of aliphatic hydroxyl groups excluding tert-OH is 1. The van der Waals surface area contributed by atoms with Crippen molar-refractivity contribution >= 4 is 0 Å². The molecule has 2 aromatic rings. The van der Waals surface area contributed by atoms with Crippen molar-refractivity contribution in [3.8, 4) is 12.3 Å². The molecule has 5 nitrogen and oxygen atoms in total. The van der Waals surface area contributed by atoms with Gasteiger partial charge in [-0.05, 0) is 24.0 Å². The van der Waals surface area contributed by atoms with E-state index in [1.807, 2.05) is 48.5 Å². The summed E-state index contributed by atoms with van der Waals surface area (Å²) in [5.74, 6) is 2.62. The molecule has 32 heavy (non-hydrogen) atoms. The third-order valence-corrected chi connectivity index (χ3v) is 6.19. The van der Waals surface area contributed by atoms with Crippen LogP contribution in [0.2, 0.25) is 0 Å². The van der Waals surface area contributed by atoms with Crippen LogP contribution in [0.15, 0.2) is 60.7 Å². The van der Waals surface area contributed by atoms with Crippen LogP contribution in [-0.2, 0) is 32.2 Å². The summed E-state index contributed by atoms with van der Waals surface area (Å²) in [6.45, 7) is 1.46. The number of hydrogen-bond acceptors (Lipinski definition) is 5. The van der Waals surface area contributed by atoms with Crippen LogP contribution in [0.3, 0.4) is 0 Å². The monoisotopic (exact) mass is 436 g/mol. The summed E-state index contributed by atoms with van der Waals surface area (Å²) in [5.41, 5.74) is 2.24. The van der Waals surface area contributed by atoms with Gasteiger partial charge in [-0.3, -0.25) is 0 Å². The minimum Gasteiger partial charge on any atom is -0.390 e. The van der Waals surface area contributed by atoms with Crippen molar-refractivity contribution in [1.82, 2.24) is 0 Å². The van der Waals surface area contributed by atoms with Crippen molar-refractivity contribution < 1.29 is 24.1 Å². The SMILES string of the molecule is C#CC[C@H]1O[C@H]2C[C@H](OCc3ccccc3)[C@H](COCc3ccccc3)O[C@@H]2CC[C@@H]1O. The molecular weight excluding hydrogens is 404 g/mol. The molecule has 0 saturated carbocycles. The Hall–Kier alpha value is -2.20. The van der Waals surface area contributed by atoms with Crippen molar-refractivity contribution in [2.24, 2.45) is 0 Å². The summed E-state index contributed by atoms with van der Waals surface area (Å²) in [6, 6.07) is 20.2. The Morgan fingerprint density at radius 2 is 1.53 bits per heavy atom. The Kier molecular flexibility index (Phi) is 8.33. The topological polar surface area (TPSA) is 57.2 Å². The molecule has 0 spiro atoms. The summed E-state index contributed by atoms with van der Waals surface area (Å²) >= 11 is 0. The zero-order valence-electron chi connectivity index (χ0n) is 18.3. The second-order valence-corrected chi connectivity index (χ2v) is 8.55. The number of fused-ring (bicyclic) bond motifs is 1. The zero-order chi connectivity index (χ0) is 22.2. The predicted molar refractivity (Wildman–Crippen MR) is 122 cm³/mol. The smallest absolute Gasteiger partial charge is 0.108 e. The summed E-state index contributed by atoms with van der Waals surface area (Å²) in [7, 11) is 0. The first-order chi connectivity index (χ1) is 15.7. The second kappa shape index (κ2) is 11.6. The van der Waals surface area contributed by atoms with Crippen LogP contribution in [0.25, 0.3) is 0 Å². The fourth-order valence-corrected chi connectivity index (χ4v) is 4.43. The second-order valence-electron chi connectivity index (χ2n) is 8.55. The molecule has 2 aliphatic heterocycles. The molecule has 0 aliphatic carbocycles. The van der Waals surface area contributed by atoms with Crippen LogP contribution in [0.4, 0.5) is 0 Å². The molecule has 2 aliphatic rings. The maximum atomic E-state index is 10.4. The molecule has 6 atom stereocenters. The van der Waals surface area contributed by atoms with Gasteiger partial charge in [-0.25, -0.2) is 0 Å². The molecule has 4 rings (SSSR count). The normalized spacial score (nSPS) is 30.1. The van der Waals surface area contributed by atoms with Crippen LogP contribution < -0.4 is 0 Å². The Balaban J connectivity index is 1.42. The Labute approximate surface area is 190 Å². The van der Waals surface area contributed by atoms with Gasteiger partial charge in [0.25, 0.3) is 0 Å². The fraction of sp³-hybridized carbons (Fsp3) is 0.481. The number of rotatable bonds is 8. The zero-order valence-corrected chi connectivity index (χ0v) is 18.3. The van der Waals surface area contributed by atoms with E-state index in [-0.39, 0.29) is 30.5 Å². The van der Waals surface area contributed by atoms with Crippen LogP contribution >= 0.6 is 0 Å². The third kappa shape index (κ3) is 6.19. The van der Waals surface area contributed by atoms with Crippen LogP contribution in [0.1, 0.15) is 36.8 Å². The number of aliphatic hydroxyl groups is 1. The Morgan fingerprint density at radius 1 is 0.875 bits per heavy atom. The van der Waals surface area contributed by atoms with E-state index < -0.39 is 6.10 Å². The minimum atomic E-state index is -0.572. The molecule has 2 fully saturated rings. The lowest BCUT2D eigenvalue weighted by Crippen LogP contribution is -2.51. The maximum Gasteiger partial charge on any atom is 0.108 e. The summed E-state index contributed by atoms with van der Waals surface area (Å²) in [6.07, 6.45) is 6.35. The number of hydrogen-bond donors (Lipinski definition) is 1. The highest BCUT2D eigenvalue weighted by atomic mass is 16.6. The first kappa shape index (κ1) is 23.0. The van der Waals surface area contributed by atoms with Crippen molar-refractivity contribution in [2.75, 3.05) is 6.61 Å². The quantitative estimate of drug-likeness (QED) is 0.637. The molecule has 0 radical (unpaired) electrons. The van der Waals surface area contributed by atoms with Gasteiger partial charge in [0.05, 0.1) is 50.3 Å². The molecule has 2 saturated heterocycles. The van der Waals surface area contributed by atoms with Crippen molar-refractivity contribution in [3.05, 3.63) is 71.8 Å². The van der Waals surface area contributed by atoms with E-state index in [0.29, 0.717) is 39.1 Å². The number of benzene rings is 2. The highest BCUT2D eigenvalue weighted by Crippen LogP contribution is 2.33. The van der Waals surface area contributed by atoms with Crippen LogP contribution in [-0.4, -0.2) is 48.3 Å². The van der Waals surface area contributed by atoms with E-state index in [4.69, 9.17) is 25.4 Å². The maximum absolute atomic E-state index is 10.4. The molecule has 2 aromatic carbocycles. The highest BCUT2D eigenvalue weighted by molar-refractivity contribution is 5.14. The Morgan fingerprint density at radius 3 is 2.22 bits per heavy atom. The van der Waals surface area contributed by atoms with Gasteiger partial charge in [-0.2, -0.15) is 0 Å². The van der Waals surface area contributed by atoms with Crippen molar-refractivity contribution in [2.45, 2.75) is 75.5 Å². The van der Waals surface area contributed by atoms with Crippen LogP contribution in [0.5, 0.6) is 0 Å². The van der Waals surface area contributed by atoms with E-state index in [1.54, 1.807) is 0 Å². The van der Waals surface area contributed by atoms with E-state index in [9.17, 15) is 5.11 Å². The molecule has 5 heteroatoms. The van der Waals surface area contributed by atoms with Gasteiger partial charge >= 0.3 is 0 Å². The largest absolute Gasteiger partial charge is 0.390 e. The molecule has 170 valence electrons. The van der Waals surface area contributed by atoms with Crippen molar-refractivity contribution in [3.63, 3.8) is 0 Å². The first-order valence-corrected chi connectivity index (χ1v) is 11.4. The minimum absolute atomic E-state index is 0.102. The fourth-order valence-electron chi connectivity index (χ4n) is 4.43. The van der Waals surface area contributed by atoms with E-state index >= 15 is 0 Å². The summed E-state index contributed by atoms with van der Waals surface area (Å²) in [5, 5.41) is 10.4. The van der Waals surface area contributed by atoms with Gasteiger partial charge in [-0.15, -0.1) is 12.3 Å². The molecule has 2 heterocycles. The average molecular weight is 437 g/mol. The van der Waals surface area contributed by atoms with Gasteiger partial charge < -0.3 is 24.1 Å². The van der Waals surface area contributed by atoms with E-state index in [1.165, 1.54) is 0 Å². The molecular formula is C27H32O5. The van der Waals surface area contributed by atoms with Crippen LogP contribution in [0, 0.1) is 12.3 Å². The number of ether oxygens (including phenoxy) is 4. The lowest BCUT2D eigenvalue weighted by molar-refractivity contribution is -0.219. The standard InChI is InChI=1S/C27H32O5/c1-2-9-23-22(28)14-15-24-26(31-23)16-25(30-18-21-12-7-4-8-13-21)27(32-24)19-29-17-20-10-5-3-6-11-20/h1,3-8,10-13,22-28H,9,14-19H2/t22-,23+,24+,25-,26-,27-/m0/s1. The van der Waals surface area contributed by atoms with E-state index in [0.717, 1.165) is 17.5 Å². The number of terminal acetylenes is 1. The van der Waals surface area contributed by atoms with Gasteiger partial charge in [0.1, 0.15) is 6.10 Å². The summed E-state index contributed by atoms with van der Waals surface area (Å²) in [4.78, 5) is 0. The summed E-state index contributed by atoms with van der Waals surface area (Å²) < 4.78 is 25.0. The molecule has 1 N–H and O–H groups in total. The molecule has 0 aromatic heterocycles. The first-order valence-electron chi connectivity index (χ1n) is 11.4. The van der Waals surface area contributed by atoms with Gasteiger partial charge in [-0.1, -0.05) is 60.7 Å². The predicted octanol–water partition coefficient (Wildman–Crippen LogP) is 3.88. The van der Waals surface area contributed by atoms with Gasteiger partial charge in [0, 0.05) is 12.8 Å². The molecule has 0 amide bonds. The third-order valence-electron chi connectivity index (χ3n) is 6.19. The van der Waals surface area contributed by atoms with Crippen molar-refractivity contribution in [1.29, 1.82) is 0 Å². The average Bonchev–Trinajstić information content (AvgIpc) is 2.97.